The van der Waals surface area contributed by atoms with Crippen molar-refractivity contribution in [3.63, 3.8) is 0 Å². The van der Waals surface area contributed by atoms with Gasteiger partial charge in [0.25, 0.3) is 5.91 Å². The molecule has 0 saturated carbocycles. The van der Waals surface area contributed by atoms with Gasteiger partial charge in [0, 0.05) is 29.8 Å². The van der Waals surface area contributed by atoms with Crippen molar-refractivity contribution in [3.8, 4) is 0 Å². The zero-order valence-electron chi connectivity index (χ0n) is 13.5. The summed E-state index contributed by atoms with van der Waals surface area (Å²) in [5.74, 6) is 0.252. The number of nitrogens with two attached hydrogens (primary N) is 1. The van der Waals surface area contributed by atoms with Gasteiger partial charge in [0.2, 0.25) is 0 Å². The minimum Gasteiger partial charge on any atom is -0.395 e. The van der Waals surface area contributed by atoms with E-state index < -0.39 is 0 Å². The third kappa shape index (κ3) is 5.01. The summed E-state index contributed by atoms with van der Waals surface area (Å²) < 4.78 is 0. The molecular weight excluding hydrogens is 266 g/mol. The van der Waals surface area contributed by atoms with Gasteiger partial charge in [0.15, 0.2) is 0 Å². The van der Waals surface area contributed by atoms with E-state index in [0.29, 0.717) is 24.5 Å². The quantitative estimate of drug-likeness (QED) is 0.842. The first-order valence-electron chi connectivity index (χ1n) is 7.47. The van der Waals surface area contributed by atoms with Gasteiger partial charge in [-0.2, -0.15) is 0 Å². The Balaban J connectivity index is 3.06. The van der Waals surface area contributed by atoms with Crippen LogP contribution in [0.3, 0.4) is 0 Å². The molecule has 0 aliphatic carbocycles. The first-order chi connectivity index (χ1) is 9.79. The molecule has 1 rings (SSSR count). The van der Waals surface area contributed by atoms with E-state index >= 15 is 0 Å². The fourth-order valence-corrected chi connectivity index (χ4v) is 2.03. The molecule has 0 aromatic carbocycles. The van der Waals surface area contributed by atoms with Gasteiger partial charge in [-0.3, -0.25) is 4.79 Å². The Morgan fingerprint density at radius 3 is 2.52 bits per heavy atom. The number of aliphatic hydroxyl groups excluding tert-OH is 1. The normalized spacial score (nSPS) is 11.5. The van der Waals surface area contributed by atoms with E-state index in [2.05, 4.69) is 11.9 Å². The lowest BCUT2D eigenvalue weighted by atomic mass is 9.90. The van der Waals surface area contributed by atoms with Crippen LogP contribution in [0.2, 0.25) is 0 Å². The number of hydrogen-bond donors (Lipinski definition) is 2. The molecule has 1 aromatic heterocycles. The molecule has 0 spiro atoms. The predicted octanol–water partition coefficient (Wildman–Crippen LogP) is 2.20. The second-order valence-electron chi connectivity index (χ2n) is 6.29. The molecular formula is C16H27N3O2. The first kappa shape index (κ1) is 17.4. The molecule has 0 aliphatic heterocycles. The summed E-state index contributed by atoms with van der Waals surface area (Å²) in [5.41, 5.74) is 7.00. The molecule has 1 aromatic rings. The summed E-state index contributed by atoms with van der Waals surface area (Å²) in [5, 5.41) is 9.14. The molecule has 0 saturated heterocycles. The smallest absolute Gasteiger partial charge is 0.254 e. The maximum atomic E-state index is 12.6. The predicted molar refractivity (Wildman–Crippen MR) is 85.2 cm³/mol. The van der Waals surface area contributed by atoms with Gasteiger partial charge < -0.3 is 15.7 Å². The zero-order valence-corrected chi connectivity index (χ0v) is 13.5. The fraction of sp³-hybridized carbons (Fsp3) is 0.625. The molecule has 118 valence electrons. The number of aliphatic hydroxyl groups is 1. The Hall–Kier alpha value is -1.62. The Kier molecular flexibility index (Phi) is 6.15. The molecule has 5 heteroatoms. The molecule has 21 heavy (non-hydrogen) atoms. The lowest BCUT2D eigenvalue weighted by molar-refractivity contribution is 0.0719. The lowest BCUT2D eigenvalue weighted by Gasteiger charge is -2.23. The van der Waals surface area contributed by atoms with Gasteiger partial charge in [-0.05, 0) is 18.6 Å². The van der Waals surface area contributed by atoms with Crippen molar-refractivity contribution in [2.75, 3.05) is 25.4 Å². The lowest BCUT2D eigenvalue weighted by Crippen LogP contribution is -2.34. The molecule has 3 N–H and O–H groups in total. The average Bonchev–Trinajstić information content (AvgIpc) is 2.41. The third-order valence-corrected chi connectivity index (χ3v) is 3.30. The molecule has 0 aliphatic rings. The minimum atomic E-state index is -0.171. The zero-order chi connectivity index (χ0) is 16.0. The highest BCUT2D eigenvalue weighted by molar-refractivity contribution is 5.95. The number of unbranched alkanes of at least 4 members (excludes halogenated alkanes) is 1. The van der Waals surface area contributed by atoms with Crippen LogP contribution in [0.5, 0.6) is 0 Å². The van der Waals surface area contributed by atoms with Gasteiger partial charge in [-0.25, -0.2) is 4.98 Å². The maximum Gasteiger partial charge on any atom is 0.254 e. The summed E-state index contributed by atoms with van der Waals surface area (Å²) in [4.78, 5) is 18.6. The number of anilines is 1. The van der Waals surface area contributed by atoms with Crippen LogP contribution in [0.25, 0.3) is 0 Å². The molecule has 1 amide bonds. The molecule has 0 unspecified atom stereocenters. The summed E-state index contributed by atoms with van der Waals surface area (Å²) >= 11 is 0. The summed E-state index contributed by atoms with van der Waals surface area (Å²) in [6.07, 6.45) is 1.92. The van der Waals surface area contributed by atoms with Gasteiger partial charge in [0.05, 0.1) is 6.61 Å². The number of amides is 1. The van der Waals surface area contributed by atoms with E-state index in [0.717, 1.165) is 18.5 Å². The number of rotatable bonds is 6. The van der Waals surface area contributed by atoms with Crippen LogP contribution >= 0.6 is 0 Å². The van der Waals surface area contributed by atoms with Crippen LogP contribution in [0.1, 0.15) is 56.6 Å². The van der Waals surface area contributed by atoms with Crippen LogP contribution in [0, 0.1) is 0 Å². The number of pyridine rings is 1. The summed E-state index contributed by atoms with van der Waals surface area (Å²) in [6.45, 7) is 9.11. The Morgan fingerprint density at radius 1 is 1.33 bits per heavy atom. The molecule has 0 bridgehead atoms. The van der Waals surface area contributed by atoms with Crippen LogP contribution in [0.15, 0.2) is 12.1 Å². The highest BCUT2D eigenvalue weighted by Gasteiger charge is 2.21. The van der Waals surface area contributed by atoms with Crippen LogP contribution in [0.4, 0.5) is 5.82 Å². The van der Waals surface area contributed by atoms with Gasteiger partial charge in [0.1, 0.15) is 5.82 Å². The van der Waals surface area contributed by atoms with E-state index in [9.17, 15) is 4.79 Å². The van der Waals surface area contributed by atoms with Crippen molar-refractivity contribution in [2.24, 2.45) is 0 Å². The van der Waals surface area contributed by atoms with Crippen molar-refractivity contribution in [1.82, 2.24) is 9.88 Å². The topological polar surface area (TPSA) is 79.5 Å². The minimum absolute atomic E-state index is 0.0395. The Morgan fingerprint density at radius 2 is 2.00 bits per heavy atom. The average molecular weight is 293 g/mol. The standard InChI is InChI=1S/C16H27N3O2/c1-5-6-7-19(8-9-20)15(21)12-10-13(16(2,3)4)18-14(17)11-12/h10-11,20H,5-9H2,1-4H3,(H2,17,18). The van der Waals surface area contributed by atoms with Crippen molar-refractivity contribution in [1.29, 1.82) is 0 Å². The summed E-state index contributed by atoms with van der Waals surface area (Å²) in [6, 6.07) is 3.41. The van der Waals surface area contributed by atoms with Crippen LogP contribution in [-0.4, -0.2) is 40.6 Å². The fourth-order valence-electron chi connectivity index (χ4n) is 2.03. The Labute approximate surface area is 127 Å². The number of aromatic nitrogens is 1. The van der Waals surface area contributed by atoms with Crippen molar-refractivity contribution >= 4 is 11.7 Å². The van der Waals surface area contributed by atoms with Gasteiger partial charge >= 0.3 is 0 Å². The molecule has 0 radical (unpaired) electrons. The highest BCUT2D eigenvalue weighted by Crippen LogP contribution is 2.23. The first-order valence-corrected chi connectivity index (χ1v) is 7.47. The van der Waals surface area contributed by atoms with Crippen molar-refractivity contribution in [2.45, 2.75) is 46.0 Å². The molecule has 0 fully saturated rings. The van der Waals surface area contributed by atoms with Gasteiger partial charge in [-0.1, -0.05) is 34.1 Å². The number of nitrogen functional groups attached to an aromatic ring is 1. The van der Waals surface area contributed by atoms with Gasteiger partial charge in [-0.15, -0.1) is 0 Å². The largest absolute Gasteiger partial charge is 0.395 e. The number of carbonyl (C=O) groups excluding carboxylic acids is 1. The van der Waals surface area contributed by atoms with E-state index in [1.807, 2.05) is 20.8 Å². The van der Waals surface area contributed by atoms with Crippen LogP contribution < -0.4 is 5.73 Å². The molecule has 5 nitrogen and oxygen atoms in total. The van der Waals surface area contributed by atoms with Crippen LogP contribution in [-0.2, 0) is 5.41 Å². The van der Waals surface area contributed by atoms with Crippen molar-refractivity contribution < 1.29 is 9.90 Å². The SMILES string of the molecule is CCCCN(CCO)C(=O)c1cc(N)nc(C(C)(C)C)c1. The third-order valence-electron chi connectivity index (χ3n) is 3.30. The monoisotopic (exact) mass is 293 g/mol. The van der Waals surface area contributed by atoms with E-state index in [1.54, 1.807) is 17.0 Å². The van der Waals surface area contributed by atoms with E-state index in [4.69, 9.17) is 10.8 Å². The molecule has 0 atom stereocenters. The van der Waals surface area contributed by atoms with Crippen molar-refractivity contribution in [3.05, 3.63) is 23.4 Å². The second-order valence-corrected chi connectivity index (χ2v) is 6.29. The number of carbonyl (C=O) groups is 1. The maximum absolute atomic E-state index is 12.6. The Bertz CT molecular complexity index is 481. The number of hydrogen-bond acceptors (Lipinski definition) is 4. The van der Waals surface area contributed by atoms with E-state index in [1.165, 1.54) is 0 Å². The second kappa shape index (κ2) is 7.41. The highest BCUT2D eigenvalue weighted by atomic mass is 16.3. The summed E-state index contributed by atoms with van der Waals surface area (Å²) in [7, 11) is 0. The van der Waals surface area contributed by atoms with E-state index in [-0.39, 0.29) is 17.9 Å². The number of nitrogens with zero attached hydrogens (tertiary/aromatic N) is 2. The molecule has 1 heterocycles.